The van der Waals surface area contributed by atoms with E-state index in [4.69, 9.17) is 0 Å². The average molecular weight is 378 g/mol. The number of pyridine rings is 1. The monoisotopic (exact) mass is 377 g/mol. The van der Waals surface area contributed by atoms with Crippen LogP contribution < -0.4 is 4.57 Å². The third kappa shape index (κ3) is 9.68. The molecule has 0 aliphatic carbocycles. The first-order valence-electron chi connectivity index (χ1n) is 9.29. The number of hydrogen-bond donors (Lipinski definition) is 0. The Morgan fingerprint density at radius 1 is 0.885 bits per heavy atom. The molecule has 0 fully saturated rings. The van der Waals surface area contributed by atoms with Crippen LogP contribution in [0.1, 0.15) is 56.6 Å². The third-order valence-electron chi connectivity index (χ3n) is 4.18. The Morgan fingerprint density at radius 2 is 1.42 bits per heavy atom. The predicted octanol–water partition coefficient (Wildman–Crippen LogP) is 4.31. The minimum Gasteiger partial charge on any atom is -0.744 e. The maximum absolute atomic E-state index is 10.4. The van der Waals surface area contributed by atoms with E-state index in [1.165, 1.54) is 62.6 Å². The Hall–Kier alpha value is -1.72. The molecular weight excluding hydrogens is 346 g/mol. The van der Waals surface area contributed by atoms with Crippen molar-refractivity contribution in [1.29, 1.82) is 0 Å². The summed E-state index contributed by atoms with van der Waals surface area (Å²) >= 11 is 0. The van der Waals surface area contributed by atoms with E-state index in [1.54, 1.807) is 12.1 Å². The maximum atomic E-state index is 10.4. The molecule has 1 heterocycles. The molecule has 5 heteroatoms. The van der Waals surface area contributed by atoms with Crippen molar-refractivity contribution in [2.45, 2.75) is 63.7 Å². The van der Waals surface area contributed by atoms with Gasteiger partial charge in [-0.2, -0.15) is 0 Å². The normalized spacial score (nSPS) is 10.9. The quantitative estimate of drug-likeness (QED) is 0.391. The van der Waals surface area contributed by atoms with Crippen molar-refractivity contribution in [3.8, 4) is 0 Å². The molecule has 0 saturated carbocycles. The lowest BCUT2D eigenvalue weighted by atomic mass is 10.1. The van der Waals surface area contributed by atoms with Gasteiger partial charge in [-0.25, -0.2) is 13.0 Å². The molecule has 0 N–H and O–H groups in total. The molecule has 0 aliphatic rings. The summed E-state index contributed by atoms with van der Waals surface area (Å²) in [7, 11) is -2.21. The van der Waals surface area contributed by atoms with E-state index in [1.807, 2.05) is 6.92 Å². The molecule has 0 saturated heterocycles. The second kappa shape index (κ2) is 11.8. The number of nitrogens with zero attached hydrogens (tertiary/aromatic N) is 1. The van der Waals surface area contributed by atoms with E-state index >= 15 is 0 Å². The van der Waals surface area contributed by atoms with Crippen molar-refractivity contribution in [2.24, 2.45) is 7.05 Å². The van der Waals surface area contributed by atoms with Crippen molar-refractivity contribution in [2.75, 3.05) is 0 Å². The largest absolute Gasteiger partial charge is 0.744 e. The minimum absolute atomic E-state index is 0.178. The Morgan fingerprint density at radius 3 is 1.96 bits per heavy atom. The summed E-state index contributed by atoms with van der Waals surface area (Å²) in [4.78, 5) is -0.178. The van der Waals surface area contributed by atoms with Crippen LogP contribution in [-0.2, 0) is 23.6 Å². The van der Waals surface area contributed by atoms with Gasteiger partial charge in [0.1, 0.15) is 17.2 Å². The van der Waals surface area contributed by atoms with Gasteiger partial charge in [0.15, 0.2) is 12.4 Å². The number of hydrogen-bond acceptors (Lipinski definition) is 3. The molecule has 0 radical (unpaired) electrons. The van der Waals surface area contributed by atoms with Crippen molar-refractivity contribution >= 4 is 10.1 Å². The van der Waals surface area contributed by atoms with E-state index < -0.39 is 10.1 Å². The summed E-state index contributed by atoms with van der Waals surface area (Å²) in [6.45, 7) is 4.09. The zero-order valence-electron chi connectivity index (χ0n) is 16.1. The molecule has 0 amide bonds. The highest BCUT2D eigenvalue weighted by molar-refractivity contribution is 7.85. The molecule has 144 valence electrons. The maximum Gasteiger partial charge on any atom is 0.168 e. The van der Waals surface area contributed by atoms with E-state index in [-0.39, 0.29) is 4.90 Å². The molecule has 4 nitrogen and oxygen atoms in total. The first-order valence-corrected chi connectivity index (χ1v) is 10.7. The number of unbranched alkanes of at least 4 members (excludes halogenated alkanes) is 5. The fourth-order valence-electron chi connectivity index (χ4n) is 2.51. The van der Waals surface area contributed by atoms with Crippen LogP contribution >= 0.6 is 0 Å². The summed E-state index contributed by atoms with van der Waals surface area (Å²) < 4.78 is 33.3. The zero-order chi connectivity index (χ0) is 19.4. The molecule has 1 aromatic heterocycles. The molecule has 0 spiro atoms. The Kier molecular flexibility index (Phi) is 10.1. The van der Waals surface area contributed by atoms with Gasteiger partial charge in [-0.15, -0.1) is 0 Å². The van der Waals surface area contributed by atoms with Gasteiger partial charge < -0.3 is 4.55 Å². The molecule has 2 aromatic rings. The van der Waals surface area contributed by atoms with Crippen LogP contribution in [0.15, 0.2) is 53.7 Å². The highest BCUT2D eigenvalue weighted by atomic mass is 32.2. The topological polar surface area (TPSA) is 61.1 Å². The van der Waals surface area contributed by atoms with Gasteiger partial charge in [0, 0.05) is 12.1 Å². The lowest BCUT2D eigenvalue weighted by Crippen LogP contribution is -2.25. The van der Waals surface area contributed by atoms with E-state index in [9.17, 15) is 13.0 Å². The van der Waals surface area contributed by atoms with Crippen molar-refractivity contribution in [1.82, 2.24) is 0 Å². The first-order chi connectivity index (χ1) is 12.3. The van der Waals surface area contributed by atoms with Crippen LogP contribution in [0.3, 0.4) is 0 Å². The molecule has 2 rings (SSSR count). The van der Waals surface area contributed by atoms with Crippen molar-refractivity contribution in [3.05, 3.63) is 59.9 Å². The Bertz CT molecular complexity index is 723. The molecule has 26 heavy (non-hydrogen) atoms. The molecular formula is C21H31NO3S. The second-order valence-electron chi connectivity index (χ2n) is 6.66. The van der Waals surface area contributed by atoms with Gasteiger partial charge in [-0.05, 0) is 37.5 Å². The van der Waals surface area contributed by atoms with Crippen molar-refractivity contribution in [3.63, 3.8) is 0 Å². The average Bonchev–Trinajstić information content (AvgIpc) is 2.60. The fourth-order valence-corrected chi connectivity index (χ4v) is 2.98. The van der Waals surface area contributed by atoms with Crippen molar-refractivity contribution < 1.29 is 17.5 Å². The minimum atomic E-state index is -4.27. The van der Waals surface area contributed by atoms with Gasteiger partial charge in [-0.1, -0.05) is 56.7 Å². The number of aromatic nitrogens is 1. The van der Waals surface area contributed by atoms with E-state index in [0.29, 0.717) is 0 Å². The second-order valence-corrected chi connectivity index (χ2v) is 8.04. The molecule has 0 atom stereocenters. The SMILES string of the molecule is CCCCCCCCc1cc[n+](C)cc1.Cc1ccc(S(=O)(=O)[O-])cc1. The Balaban J connectivity index is 0.000000273. The summed E-state index contributed by atoms with van der Waals surface area (Å²) in [5.74, 6) is 0. The summed E-state index contributed by atoms with van der Waals surface area (Å²) in [6, 6.07) is 10.2. The lowest BCUT2D eigenvalue weighted by molar-refractivity contribution is -0.671. The van der Waals surface area contributed by atoms with Crippen LogP contribution in [0, 0.1) is 6.92 Å². The van der Waals surface area contributed by atoms with Crippen LogP contribution in [0.5, 0.6) is 0 Å². The highest BCUT2D eigenvalue weighted by Crippen LogP contribution is 2.09. The highest BCUT2D eigenvalue weighted by Gasteiger charge is 1.98. The summed E-state index contributed by atoms with van der Waals surface area (Å²) in [5.41, 5.74) is 2.40. The lowest BCUT2D eigenvalue weighted by Gasteiger charge is -2.05. The Labute approximate surface area is 158 Å². The van der Waals surface area contributed by atoms with Gasteiger partial charge in [0.2, 0.25) is 0 Å². The molecule has 1 aromatic carbocycles. The zero-order valence-corrected chi connectivity index (χ0v) is 17.0. The van der Waals surface area contributed by atoms with E-state index in [0.717, 1.165) is 5.56 Å². The number of aryl methyl sites for hydroxylation is 3. The van der Waals surface area contributed by atoms with Gasteiger partial charge in [0.05, 0.1) is 4.90 Å². The molecule has 0 bridgehead atoms. The third-order valence-corrected chi connectivity index (χ3v) is 5.03. The van der Waals surface area contributed by atoms with E-state index in [2.05, 4.69) is 43.1 Å². The number of benzene rings is 1. The van der Waals surface area contributed by atoms with Crippen LogP contribution in [0.4, 0.5) is 0 Å². The summed E-state index contributed by atoms with van der Waals surface area (Å²) in [6.07, 6.45) is 13.8. The number of rotatable bonds is 8. The van der Waals surface area contributed by atoms with Gasteiger partial charge in [0.25, 0.3) is 0 Å². The predicted molar refractivity (Wildman–Crippen MR) is 104 cm³/mol. The van der Waals surface area contributed by atoms with Gasteiger partial charge >= 0.3 is 0 Å². The first kappa shape index (κ1) is 22.3. The summed E-state index contributed by atoms with van der Waals surface area (Å²) in [5, 5.41) is 0. The van der Waals surface area contributed by atoms with Gasteiger partial charge in [-0.3, -0.25) is 0 Å². The van der Waals surface area contributed by atoms with Crippen LogP contribution in [0.25, 0.3) is 0 Å². The molecule has 0 unspecified atom stereocenters. The molecule has 0 aliphatic heterocycles. The van der Waals surface area contributed by atoms with Crippen LogP contribution in [-0.4, -0.2) is 13.0 Å². The standard InChI is InChI=1S/C14H24N.C7H8O3S/c1-3-4-5-6-7-8-9-14-10-12-15(2)13-11-14;1-6-2-4-7(5-3-6)11(8,9)10/h10-13H,3-9H2,1-2H3;2-5H,1H3,(H,8,9,10)/q+1;/p-1. The smallest absolute Gasteiger partial charge is 0.168 e. The van der Waals surface area contributed by atoms with Crippen LogP contribution in [0.2, 0.25) is 0 Å². The fraction of sp³-hybridized carbons (Fsp3) is 0.476.